The Morgan fingerprint density at radius 1 is 1.21 bits per heavy atom. The van der Waals surface area contributed by atoms with E-state index in [1.165, 1.54) is 4.90 Å². The summed E-state index contributed by atoms with van der Waals surface area (Å²) in [4.78, 5) is 28.0. The van der Waals surface area contributed by atoms with Gasteiger partial charge < -0.3 is 9.80 Å². The number of thiol groups is 1. The number of hydrogen-bond acceptors (Lipinski definition) is 3. The summed E-state index contributed by atoms with van der Waals surface area (Å²) < 4.78 is 0. The molecule has 5 heteroatoms. The maximum absolute atomic E-state index is 12.2. The third-order valence-corrected chi connectivity index (χ3v) is 3.21. The van der Waals surface area contributed by atoms with Gasteiger partial charge in [-0.15, -0.1) is 12.6 Å². The lowest BCUT2D eigenvalue weighted by atomic mass is 10.2. The summed E-state index contributed by atoms with van der Waals surface area (Å²) in [5, 5.41) is 0. The number of carbonyl (C=O) groups is 2. The molecule has 0 aliphatic heterocycles. The number of likely N-dealkylation sites (N-methyl/N-ethyl adjacent to an activating group) is 2. The normalized spacial score (nSPS) is 10.1. The van der Waals surface area contributed by atoms with E-state index in [1.807, 2.05) is 13.8 Å². The lowest BCUT2D eigenvalue weighted by molar-refractivity contribution is -0.131. The molecule has 4 nitrogen and oxygen atoms in total. The van der Waals surface area contributed by atoms with Crippen molar-refractivity contribution >= 4 is 24.4 Å². The highest BCUT2D eigenvalue weighted by Crippen LogP contribution is 2.10. The van der Waals surface area contributed by atoms with Crippen LogP contribution in [0.4, 0.5) is 0 Å². The minimum Gasteiger partial charge on any atom is -0.342 e. The Labute approximate surface area is 119 Å². The van der Waals surface area contributed by atoms with Crippen LogP contribution in [-0.2, 0) is 4.79 Å². The number of nitrogens with zero attached hydrogens (tertiary/aromatic N) is 2. The average molecular weight is 280 g/mol. The summed E-state index contributed by atoms with van der Waals surface area (Å²) in [6, 6.07) is 7.00. The molecule has 0 saturated carbocycles. The van der Waals surface area contributed by atoms with Crippen molar-refractivity contribution in [3.8, 4) is 0 Å². The first kappa shape index (κ1) is 15.6. The molecule has 1 aromatic carbocycles. The van der Waals surface area contributed by atoms with Crippen LogP contribution in [0.15, 0.2) is 29.2 Å². The van der Waals surface area contributed by atoms with Crippen LogP contribution in [0.25, 0.3) is 0 Å². The van der Waals surface area contributed by atoms with Crippen molar-refractivity contribution in [2.24, 2.45) is 0 Å². The Morgan fingerprint density at radius 3 is 2.37 bits per heavy atom. The van der Waals surface area contributed by atoms with Gasteiger partial charge in [-0.1, -0.05) is 6.07 Å². The molecule has 0 unspecified atom stereocenters. The molecule has 0 aliphatic rings. The lowest BCUT2D eigenvalue weighted by Crippen LogP contribution is -2.41. The van der Waals surface area contributed by atoms with Crippen molar-refractivity contribution in [2.45, 2.75) is 18.7 Å². The Hall–Kier alpha value is -1.49. The molecular weight excluding hydrogens is 260 g/mol. The number of benzene rings is 1. The van der Waals surface area contributed by atoms with E-state index in [2.05, 4.69) is 12.6 Å². The number of amides is 2. The molecule has 0 atom stereocenters. The zero-order chi connectivity index (χ0) is 14.4. The standard InChI is InChI=1S/C14H20N2O2S/c1-4-16(5-2)13(17)10-15(3)14(18)11-7-6-8-12(19)9-11/h6-9,19H,4-5,10H2,1-3H3. The molecule has 0 radical (unpaired) electrons. The van der Waals surface area contributed by atoms with Gasteiger partial charge in [-0.25, -0.2) is 0 Å². The van der Waals surface area contributed by atoms with Gasteiger partial charge >= 0.3 is 0 Å². The van der Waals surface area contributed by atoms with E-state index in [1.54, 1.807) is 36.2 Å². The van der Waals surface area contributed by atoms with E-state index in [0.717, 1.165) is 4.90 Å². The second-order valence-electron chi connectivity index (χ2n) is 4.28. The van der Waals surface area contributed by atoms with Gasteiger partial charge in [-0.2, -0.15) is 0 Å². The molecule has 0 bridgehead atoms. The third kappa shape index (κ3) is 4.28. The molecule has 0 N–H and O–H groups in total. The Kier molecular flexibility index (Phi) is 5.89. The van der Waals surface area contributed by atoms with Crippen molar-refractivity contribution in [3.05, 3.63) is 29.8 Å². The SMILES string of the molecule is CCN(CC)C(=O)CN(C)C(=O)c1cccc(S)c1. The molecule has 1 rings (SSSR count). The number of rotatable bonds is 5. The molecular formula is C14H20N2O2S. The van der Waals surface area contributed by atoms with E-state index in [-0.39, 0.29) is 18.4 Å². The van der Waals surface area contributed by atoms with Crippen LogP contribution in [0.2, 0.25) is 0 Å². The molecule has 19 heavy (non-hydrogen) atoms. The zero-order valence-corrected chi connectivity index (χ0v) is 12.5. The fourth-order valence-electron chi connectivity index (χ4n) is 1.81. The minimum atomic E-state index is -0.170. The van der Waals surface area contributed by atoms with Crippen LogP contribution in [0, 0.1) is 0 Å². The Balaban J connectivity index is 2.70. The highest BCUT2D eigenvalue weighted by molar-refractivity contribution is 7.80. The van der Waals surface area contributed by atoms with Gasteiger partial charge in [0.2, 0.25) is 5.91 Å². The van der Waals surface area contributed by atoms with Crippen molar-refractivity contribution < 1.29 is 9.59 Å². The van der Waals surface area contributed by atoms with Gasteiger partial charge in [0.15, 0.2) is 0 Å². The summed E-state index contributed by atoms with van der Waals surface area (Å²) in [5.74, 6) is -0.209. The molecule has 2 amide bonds. The second kappa shape index (κ2) is 7.19. The fourth-order valence-corrected chi connectivity index (χ4v) is 2.04. The first-order chi connectivity index (χ1) is 8.99. The van der Waals surface area contributed by atoms with Crippen LogP contribution >= 0.6 is 12.6 Å². The molecule has 104 valence electrons. The van der Waals surface area contributed by atoms with Gasteiger partial charge in [0.1, 0.15) is 0 Å². The highest BCUT2D eigenvalue weighted by atomic mass is 32.1. The number of hydrogen-bond donors (Lipinski definition) is 1. The summed E-state index contributed by atoms with van der Waals surface area (Å²) in [6.45, 7) is 5.26. The van der Waals surface area contributed by atoms with E-state index >= 15 is 0 Å². The maximum Gasteiger partial charge on any atom is 0.254 e. The predicted molar refractivity (Wildman–Crippen MR) is 78.6 cm³/mol. The fraction of sp³-hybridized carbons (Fsp3) is 0.429. The van der Waals surface area contributed by atoms with Gasteiger partial charge in [0.25, 0.3) is 5.91 Å². The van der Waals surface area contributed by atoms with E-state index in [4.69, 9.17) is 0 Å². The zero-order valence-electron chi connectivity index (χ0n) is 11.6. The predicted octanol–water partition coefficient (Wildman–Crippen LogP) is 1.92. The van der Waals surface area contributed by atoms with Crippen LogP contribution in [-0.4, -0.2) is 48.3 Å². The first-order valence-electron chi connectivity index (χ1n) is 6.31. The van der Waals surface area contributed by atoms with Gasteiger partial charge in [0, 0.05) is 30.6 Å². The van der Waals surface area contributed by atoms with E-state index in [9.17, 15) is 9.59 Å². The monoisotopic (exact) mass is 280 g/mol. The Bertz CT molecular complexity index is 459. The molecule has 0 aliphatic carbocycles. The van der Waals surface area contributed by atoms with Gasteiger partial charge in [-0.3, -0.25) is 9.59 Å². The second-order valence-corrected chi connectivity index (χ2v) is 4.79. The van der Waals surface area contributed by atoms with Crippen molar-refractivity contribution in [1.82, 2.24) is 9.80 Å². The first-order valence-corrected chi connectivity index (χ1v) is 6.76. The molecule has 0 saturated heterocycles. The third-order valence-electron chi connectivity index (χ3n) is 2.93. The molecule has 0 aromatic heterocycles. The van der Waals surface area contributed by atoms with Gasteiger partial charge in [-0.05, 0) is 32.0 Å². The Morgan fingerprint density at radius 2 is 1.84 bits per heavy atom. The topological polar surface area (TPSA) is 40.6 Å². The van der Waals surface area contributed by atoms with Crippen LogP contribution in [0.5, 0.6) is 0 Å². The summed E-state index contributed by atoms with van der Waals surface area (Å²) >= 11 is 4.20. The van der Waals surface area contributed by atoms with Crippen molar-refractivity contribution in [1.29, 1.82) is 0 Å². The number of carbonyl (C=O) groups excluding carboxylic acids is 2. The highest BCUT2D eigenvalue weighted by Gasteiger charge is 2.17. The molecule has 1 aromatic rings. The van der Waals surface area contributed by atoms with Crippen LogP contribution in [0.3, 0.4) is 0 Å². The molecule has 0 heterocycles. The van der Waals surface area contributed by atoms with Gasteiger partial charge in [0.05, 0.1) is 6.54 Å². The van der Waals surface area contributed by atoms with E-state index < -0.39 is 0 Å². The quantitative estimate of drug-likeness (QED) is 0.837. The smallest absolute Gasteiger partial charge is 0.254 e. The summed E-state index contributed by atoms with van der Waals surface area (Å²) in [7, 11) is 1.63. The largest absolute Gasteiger partial charge is 0.342 e. The van der Waals surface area contributed by atoms with Crippen molar-refractivity contribution in [3.63, 3.8) is 0 Å². The van der Waals surface area contributed by atoms with E-state index in [0.29, 0.717) is 18.7 Å². The van der Waals surface area contributed by atoms with Crippen LogP contribution in [0.1, 0.15) is 24.2 Å². The minimum absolute atomic E-state index is 0.0390. The molecule has 0 spiro atoms. The van der Waals surface area contributed by atoms with Crippen molar-refractivity contribution in [2.75, 3.05) is 26.7 Å². The molecule has 0 fully saturated rings. The summed E-state index contributed by atoms with van der Waals surface area (Å²) in [6.07, 6.45) is 0. The maximum atomic E-state index is 12.2. The lowest BCUT2D eigenvalue weighted by Gasteiger charge is -2.23. The van der Waals surface area contributed by atoms with Crippen LogP contribution < -0.4 is 0 Å². The summed E-state index contributed by atoms with van der Waals surface area (Å²) in [5.41, 5.74) is 0.544. The average Bonchev–Trinajstić information content (AvgIpc) is 2.39.